The fraction of sp³-hybridized carbons (Fsp3) is 0.190. The minimum Gasteiger partial charge on any atom is -0.496 e. The van der Waals surface area contributed by atoms with Gasteiger partial charge in [0.05, 0.1) is 7.11 Å². The van der Waals surface area contributed by atoms with Crippen LogP contribution in [0.15, 0.2) is 54.9 Å². The number of esters is 1. The summed E-state index contributed by atoms with van der Waals surface area (Å²) in [6.07, 6.45) is 0. The molecular formula is C21H19FO4. The van der Waals surface area contributed by atoms with Crippen LogP contribution in [0.25, 0.3) is 0 Å². The van der Waals surface area contributed by atoms with Gasteiger partial charge in [0.15, 0.2) is 0 Å². The van der Waals surface area contributed by atoms with E-state index in [0.29, 0.717) is 5.75 Å². The number of benzene rings is 2. The molecule has 0 saturated carbocycles. The number of aryl methyl sites for hydroxylation is 1. The first-order chi connectivity index (χ1) is 12.5. The van der Waals surface area contributed by atoms with Crippen LogP contribution in [-0.2, 0) is 9.53 Å². The SMILES string of the molecule is C=C(F)C(=O)OCCOc1ccc(C#Cc2ccc(OC)c(C)c2)cc1. The fourth-order valence-electron chi connectivity index (χ4n) is 2.11. The molecule has 26 heavy (non-hydrogen) atoms. The van der Waals surface area contributed by atoms with Crippen molar-refractivity contribution >= 4 is 5.97 Å². The molecule has 0 aliphatic heterocycles. The Bertz CT molecular complexity index is 845. The lowest BCUT2D eigenvalue weighted by Gasteiger charge is -2.06. The third-order valence-electron chi connectivity index (χ3n) is 3.41. The molecule has 0 heterocycles. The first-order valence-corrected chi connectivity index (χ1v) is 7.90. The van der Waals surface area contributed by atoms with E-state index in [0.717, 1.165) is 22.4 Å². The molecule has 0 spiro atoms. The number of rotatable bonds is 6. The zero-order valence-corrected chi connectivity index (χ0v) is 14.7. The van der Waals surface area contributed by atoms with Gasteiger partial charge >= 0.3 is 5.97 Å². The largest absolute Gasteiger partial charge is 0.496 e. The maximum atomic E-state index is 12.4. The second kappa shape index (κ2) is 9.28. The Morgan fingerprint density at radius 2 is 1.73 bits per heavy atom. The van der Waals surface area contributed by atoms with E-state index in [2.05, 4.69) is 23.2 Å². The van der Waals surface area contributed by atoms with Gasteiger partial charge in [-0.05, 0) is 55.0 Å². The van der Waals surface area contributed by atoms with Crippen LogP contribution in [0.5, 0.6) is 11.5 Å². The number of hydrogen-bond acceptors (Lipinski definition) is 4. The van der Waals surface area contributed by atoms with E-state index in [4.69, 9.17) is 9.47 Å². The summed E-state index contributed by atoms with van der Waals surface area (Å²) < 4.78 is 27.6. The summed E-state index contributed by atoms with van der Waals surface area (Å²) in [5, 5.41) is 0. The molecule has 0 aliphatic carbocycles. The predicted molar refractivity (Wildman–Crippen MR) is 96.9 cm³/mol. The summed E-state index contributed by atoms with van der Waals surface area (Å²) in [5.74, 6) is 5.41. The number of hydrogen-bond donors (Lipinski definition) is 0. The quantitative estimate of drug-likeness (QED) is 0.342. The number of ether oxygens (including phenoxy) is 3. The Kier molecular flexibility index (Phi) is 6.81. The molecule has 0 bridgehead atoms. The Morgan fingerprint density at radius 3 is 2.35 bits per heavy atom. The Balaban J connectivity index is 1.89. The van der Waals surface area contributed by atoms with Gasteiger partial charge < -0.3 is 14.2 Å². The van der Waals surface area contributed by atoms with Gasteiger partial charge in [-0.3, -0.25) is 0 Å². The smallest absolute Gasteiger partial charge is 0.366 e. The molecular weight excluding hydrogens is 335 g/mol. The van der Waals surface area contributed by atoms with Crippen LogP contribution in [0, 0.1) is 18.8 Å². The number of methoxy groups -OCH3 is 1. The van der Waals surface area contributed by atoms with E-state index in [1.165, 1.54) is 0 Å². The second-order valence-electron chi connectivity index (χ2n) is 5.35. The molecule has 0 atom stereocenters. The summed E-state index contributed by atoms with van der Waals surface area (Å²) in [7, 11) is 1.64. The average molecular weight is 354 g/mol. The summed E-state index contributed by atoms with van der Waals surface area (Å²) in [6, 6.07) is 12.9. The molecule has 0 unspecified atom stereocenters. The Labute approximate surface area is 152 Å². The third kappa shape index (κ3) is 5.67. The van der Waals surface area contributed by atoms with E-state index in [-0.39, 0.29) is 13.2 Å². The molecule has 0 aromatic heterocycles. The van der Waals surface area contributed by atoms with E-state index >= 15 is 0 Å². The van der Waals surface area contributed by atoms with Gasteiger partial charge in [-0.25, -0.2) is 4.79 Å². The van der Waals surface area contributed by atoms with Crippen LogP contribution in [0.2, 0.25) is 0 Å². The third-order valence-corrected chi connectivity index (χ3v) is 3.41. The van der Waals surface area contributed by atoms with Gasteiger partial charge in [-0.15, -0.1) is 0 Å². The summed E-state index contributed by atoms with van der Waals surface area (Å²) in [4.78, 5) is 10.9. The van der Waals surface area contributed by atoms with Crippen molar-refractivity contribution in [1.29, 1.82) is 0 Å². The Hall–Kier alpha value is -3.26. The lowest BCUT2D eigenvalue weighted by molar-refractivity contribution is -0.141. The summed E-state index contributed by atoms with van der Waals surface area (Å²) in [5.41, 5.74) is 2.77. The molecule has 0 N–H and O–H groups in total. The van der Waals surface area contributed by atoms with Crippen LogP contribution in [0.4, 0.5) is 4.39 Å². The predicted octanol–water partition coefficient (Wildman–Crippen LogP) is 3.81. The zero-order chi connectivity index (χ0) is 18.9. The van der Waals surface area contributed by atoms with Crippen LogP contribution < -0.4 is 9.47 Å². The summed E-state index contributed by atoms with van der Waals surface area (Å²) >= 11 is 0. The average Bonchev–Trinajstić information content (AvgIpc) is 2.64. The molecule has 5 heteroatoms. The first kappa shape index (κ1) is 19.1. The highest BCUT2D eigenvalue weighted by molar-refractivity contribution is 5.85. The normalized spacial score (nSPS) is 9.65. The van der Waals surface area contributed by atoms with Crippen molar-refractivity contribution in [3.05, 3.63) is 71.6 Å². The molecule has 2 rings (SSSR count). The van der Waals surface area contributed by atoms with Gasteiger partial charge in [-0.1, -0.05) is 18.4 Å². The fourth-order valence-corrected chi connectivity index (χ4v) is 2.11. The minimum atomic E-state index is -1.13. The lowest BCUT2D eigenvalue weighted by Crippen LogP contribution is -2.12. The van der Waals surface area contributed by atoms with Crippen LogP contribution in [-0.4, -0.2) is 26.3 Å². The van der Waals surface area contributed by atoms with Crippen molar-refractivity contribution in [2.24, 2.45) is 0 Å². The second-order valence-corrected chi connectivity index (χ2v) is 5.35. The van der Waals surface area contributed by atoms with Crippen molar-refractivity contribution in [2.75, 3.05) is 20.3 Å². The highest BCUT2D eigenvalue weighted by Crippen LogP contribution is 2.18. The van der Waals surface area contributed by atoms with Gasteiger partial charge in [0, 0.05) is 11.1 Å². The molecule has 0 fully saturated rings. The van der Waals surface area contributed by atoms with Gasteiger partial charge in [0.25, 0.3) is 0 Å². The minimum absolute atomic E-state index is 0.0554. The molecule has 2 aromatic carbocycles. The van der Waals surface area contributed by atoms with Gasteiger partial charge in [0.2, 0.25) is 5.83 Å². The van der Waals surface area contributed by atoms with Crippen molar-refractivity contribution < 1.29 is 23.4 Å². The van der Waals surface area contributed by atoms with E-state index in [1.807, 2.05) is 37.3 Å². The van der Waals surface area contributed by atoms with Crippen molar-refractivity contribution in [3.8, 4) is 23.3 Å². The number of carbonyl (C=O) groups is 1. The van der Waals surface area contributed by atoms with Crippen molar-refractivity contribution in [2.45, 2.75) is 6.92 Å². The van der Waals surface area contributed by atoms with Gasteiger partial charge in [-0.2, -0.15) is 4.39 Å². The maximum Gasteiger partial charge on any atom is 0.366 e. The highest BCUT2D eigenvalue weighted by Gasteiger charge is 2.06. The van der Waals surface area contributed by atoms with Crippen molar-refractivity contribution in [3.63, 3.8) is 0 Å². The standard InChI is InChI=1S/C21H19FO4/c1-15-14-18(8-11-20(15)24-3)5-4-17-6-9-19(10-7-17)25-12-13-26-21(23)16(2)22/h6-11,14H,2,12-13H2,1,3H3. The van der Waals surface area contributed by atoms with Crippen molar-refractivity contribution in [1.82, 2.24) is 0 Å². The molecule has 4 nitrogen and oxygen atoms in total. The first-order valence-electron chi connectivity index (χ1n) is 7.90. The molecule has 0 aliphatic rings. The number of halogens is 1. The van der Waals surface area contributed by atoms with Gasteiger partial charge in [0.1, 0.15) is 24.7 Å². The molecule has 2 aromatic rings. The zero-order valence-electron chi connectivity index (χ0n) is 14.7. The monoisotopic (exact) mass is 354 g/mol. The maximum absolute atomic E-state index is 12.4. The topological polar surface area (TPSA) is 44.8 Å². The van der Waals surface area contributed by atoms with E-state index in [9.17, 15) is 9.18 Å². The Morgan fingerprint density at radius 1 is 1.08 bits per heavy atom. The van der Waals surface area contributed by atoms with E-state index in [1.54, 1.807) is 19.2 Å². The number of carbonyl (C=O) groups excluding carboxylic acids is 1. The molecule has 0 saturated heterocycles. The highest BCUT2D eigenvalue weighted by atomic mass is 19.1. The van der Waals surface area contributed by atoms with Crippen LogP contribution in [0.1, 0.15) is 16.7 Å². The summed E-state index contributed by atoms with van der Waals surface area (Å²) in [6.45, 7) is 4.89. The molecule has 134 valence electrons. The lowest BCUT2D eigenvalue weighted by atomic mass is 10.1. The molecule has 0 radical (unpaired) electrons. The van der Waals surface area contributed by atoms with E-state index < -0.39 is 11.8 Å². The molecule has 0 amide bonds. The van der Waals surface area contributed by atoms with Crippen LogP contribution >= 0.6 is 0 Å². The van der Waals surface area contributed by atoms with Crippen LogP contribution in [0.3, 0.4) is 0 Å².